The van der Waals surface area contributed by atoms with E-state index in [1.165, 1.54) is 12.1 Å². The fourth-order valence-electron chi connectivity index (χ4n) is 1.47. The van der Waals surface area contributed by atoms with Crippen LogP contribution in [0.25, 0.3) is 0 Å². The van der Waals surface area contributed by atoms with Crippen molar-refractivity contribution >= 4 is 15.9 Å². The van der Waals surface area contributed by atoms with E-state index < -0.39 is 24.5 Å². The third kappa shape index (κ3) is 4.63. The molecule has 0 aliphatic rings. The lowest BCUT2D eigenvalue weighted by atomic mass is 10.0. The molecule has 1 aromatic rings. The van der Waals surface area contributed by atoms with E-state index in [0.29, 0.717) is 4.47 Å². The molecule has 0 heterocycles. The summed E-state index contributed by atoms with van der Waals surface area (Å²) in [7, 11) is 0. The van der Waals surface area contributed by atoms with Gasteiger partial charge in [-0.05, 0) is 25.0 Å². The zero-order chi connectivity index (χ0) is 13.1. The summed E-state index contributed by atoms with van der Waals surface area (Å²) in [6.45, 7) is 0. The molecular formula is C11H11BrF4O. The predicted octanol–water partition coefficient (Wildman–Crippen LogP) is 4.35. The van der Waals surface area contributed by atoms with Gasteiger partial charge < -0.3 is 5.11 Å². The Hall–Kier alpha value is -0.620. The molecule has 1 N–H and O–H groups in total. The Bertz CT molecular complexity index is 358. The van der Waals surface area contributed by atoms with Gasteiger partial charge >= 0.3 is 6.18 Å². The van der Waals surface area contributed by atoms with Crippen LogP contribution in [0.5, 0.6) is 0 Å². The summed E-state index contributed by atoms with van der Waals surface area (Å²) in [6, 6.07) is 4.14. The number of aliphatic hydroxyl groups excluding tert-OH is 1. The van der Waals surface area contributed by atoms with Crippen molar-refractivity contribution in [3.05, 3.63) is 34.1 Å². The molecule has 6 heteroatoms. The maximum Gasteiger partial charge on any atom is 0.389 e. The van der Waals surface area contributed by atoms with E-state index in [1.54, 1.807) is 0 Å². The van der Waals surface area contributed by atoms with Gasteiger partial charge in [0.25, 0.3) is 0 Å². The minimum Gasteiger partial charge on any atom is -0.388 e. The number of aliphatic hydroxyl groups is 1. The average Bonchev–Trinajstić information content (AvgIpc) is 2.15. The van der Waals surface area contributed by atoms with Gasteiger partial charge in [0.05, 0.1) is 6.10 Å². The standard InChI is InChI=1S/C11H11BrF4O/c12-7-3-1-4-8(13)10(7)9(17)5-2-6-11(14,15)16/h1,3-4,9,17H,2,5-6H2. The predicted molar refractivity (Wildman–Crippen MR) is 59.0 cm³/mol. The zero-order valence-corrected chi connectivity index (χ0v) is 10.4. The number of hydrogen-bond donors (Lipinski definition) is 1. The summed E-state index contributed by atoms with van der Waals surface area (Å²) >= 11 is 3.06. The molecule has 0 bridgehead atoms. The summed E-state index contributed by atoms with van der Waals surface area (Å²) < 4.78 is 49.4. The Morgan fingerprint density at radius 1 is 1.29 bits per heavy atom. The number of rotatable bonds is 4. The van der Waals surface area contributed by atoms with Crippen LogP contribution < -0.4 is 0 Å². The second-order valence-corrected chi connectivity index (χ2v) is 4.51. The van der Waals surface area contributed by atoms with E-state index in [0.717, 1.165) is 6.07 Å². The molecule has 0 amide bonds. The molecule has 96 valence electrons. The fraction of sp³-hybridized carbons (Fsp3) is 0.455. The summed E-state index contributed by atoms with van der Waals surface area (Å²) in [5.74, 6) is -0.626. The fourth-order valence-corrected chi connectivity index (χ4v) is 2.08. The molecule has 1 atom stereocenters. The minimum atomic E-state index is -4.24. The Labute approximate surface area is 105 Å². The number of benzene rings is 1. The van der Waals surface area contributed by atoms with Crippen LogP contribution in [0.2, 0.25) is 0 Å². The largest absolute Gasteiger partial charge is 0.389 e. The molecule has 1 unspecified atom stereocenters. The molecule has 1 rings (SSSR count). The zero-order valence-electron chi connectivity index (χ0n) is 8.77. The maximum absolute atomic E-state index is 13.3. The average molecular weight is 315 g/mol. The lowest BCUT2D eigenvalue weighted by molar-refractivity contribution is -0.136. The molecule has 0 aromatic heterocycles. The van der Waals surface area contributed by atoms with E-state index in [9.17, 15) is 22.7 Å². The Balaban J connectivity index is 2.61. The highest BCUT2D eigenvalue weighted by Crippen LogP contribution is 2.31. The Kier molecular flexibility index (Phi) is 4.94. The molecule has 0 spiro atoms. The van der Waals surface area contributed by atoms with E-state index >= 15 is 0 Å². The van der Waals surface area contributed by atoms with Gasteiger partial charge in [-0.1, -0.05) is 22.0 Å². The van der Waals surface area contributed by atoms with Crippen molar-refractivity contribution < 1.29 is 22.7 Å². The number of hydrogen-bond acceptors (Lipinski definition) is 1. The molecule has 0 radical (unpaired) electrons. The van der Waals surface area contributed by atoms with E-state index in [1.807, 2.05) is 0 Å². The van der Waals surface area contributed by atoms with E-state index in [2.05, 4.69) is 15.9 Å². The van der Waals surface area contributed by atoms with Crippen LogP contribution in [0.3, 0.4) is 0 Å². The van der Waals surface area contributed by atoms with Gasteiger partial charge in [0, 0.05) is 16.5 Å². The molecule has 0 fully saturated rings. The Morgan fingerprint density at radius 3 is 2.47 bits per heavy atom. The van der Waals surface area contributed by atoms with Gasteiger partial charge in [-0.3, -0.25) is 0 Å². The first-order valence-electron chi connectivity index (χ1n) is 5.00. The smallest absolute Gasteiger partial charge is 0.388 e. The first-order chi connectivity index (χ1) is 7.81. The van der Waals surface area contributed by atoms with Crippen molar-refractivity contribution in [1.82, 2.24) is 0 Å². The highest BCUT2D eigenvalue weighted by atomic mass is 79.9. The summed E-state index contributed by atoms with van der Waals surface area (Å²) in [6.07, 6.45) is -6.81. The van der Waals surface area contributed by atoms with Gasteiger partial charge in [-0.2, -0.15) is 13.2 Å². The Morgan fingerprint density at radius 2 is 1.94 bits per heavy atom. The third-order valence-electron chi connectivity index (χ3n) is 2.27. The van der Waals surface area contributed by atoms with Crippen LogP contribution in [0.4, 0.5) is 17.6 Å². The topological polar surface area (TPSA) is 20.2 Å². The molecule has 0 aliphatic heterocycles. The van der Waals surface area contributed by atoms with Crippen LogP contribution >= 0.6 is 15.9 Å². The molecule has 0 saturated carbocycles. The van der Waals surface area contributed by atoms with Crippen LogP contribution in [0, 0.1) is 5.82 Å². The van der Waals surface area contributed by atoms with Crippen molar-refractivity contribution in [3.63, 3.8) is 0 Å². The normalized spacial score (nSPS) is 13.8. The first kappa shape index (κ1) is 14.4. The highest BCUT2D eigenvalue weighted by Gasteiger charge is 2.27. The van der Waals surface area contributed by atoms with Gasteiger partial charge in [-0.25, -0.2) is 4.39 Å². The van der Waals surface area contributed by atoms with Crippen LogP contribution in [-0.4, -0.2) is 11.3 Å². The lowest BCUT2D eigenvalue weighted by Crippen LogP contribution is -2.09. The summed E-state index contributed by atoms with van der Waals surface area (Å²) in [5.41, 5.74) is 0.00896. The van der Waals surface area contributed by atoms with E-state index in [4.69, 9.17) is 0 Å². The molecule has 0 aliphatic carbocycles. The van der Waals surface area contributed by atoms with E-state index in [-0.39, 0.29) is 18.4 Å². The second-order valence-electron chi connectivity index (χ2n) is 3.66. The summed E-state index contributed by atoms with van der Waals surface area (Å²) in [5, 5.41) is 9.64. The third-order valence-corrected chi connectivity index (χ3v) is 2.96. The van der Waals surface area contributed by atoms with Crippen molar-refractivity contribution in [2.24, 2.45) is 0 Å². The number of alkyl halides is 3. The molecule has 17 heavy (non-hydrogen) atoms. The van der Waals surface area contributed by atoms with Gasteiger partial charge in [0.2, 0.25) is 0 Å². The summed E-state index contributed by atoms with van der Waals surface area (Å²) in [4.78, 5) is 0. The van der Waals surface area contributed by atoms with Crippen LogP contribution in [0.1, 0.15) is 30.9 Å². The molecule has 0 saturated heterocycles. The van der Waals surface area contributed by atoms with Gasteiger partial charge in [0.15, 0.2) is 0 Å². The lowest BCUT2D eigenvalue weighted by Gasteiger charge is -2.14. The first-order valence-corrected chi connectivity index (χ1v) is 5.79. The SMILES string of the molecule is OC(CCCC(F)(F)F)c1c(F)cccc1Br. The molecular weight excluding hydrogens is 304 g/mol. The van der Waals surface area contributed by atoms with Crippen LogP contribution in [-0.2, 0) is 0 Å². The van der Waals surface area contributed by atoms with Crippen LogP contribution in [0.15, 0.2) is 22.7 Å². The maximum atomic E-state index is 13.3. The van der Waals surface area contributed by atoms with Crippen molar-refractivity contribution in [2.45, 2.75) is 31.5 Å². The van der Waals surface area contributed by atoms with Crippen molar-refractivity contribution in [2.75, 3.05) is 0 Å². The number of halogens is 5. The quantitative estimate of drug-likeness (QED) is 0.819. The molecule has 1 aromatic carbocycles. The monoisotopic (exact) mass is 314 g/mol. The van der Waals surface area contributed by atoms with Gasteiger partial charge in [0.1, 0.15) is 5.82 Å². The van der Waals surface area contributed by atoms with Crippen molar-refractivity contribution in [1.29, 1.82) is 0 Å². The van der Waals surface area contributed by atoms with Crippen molar-refractivity contribution in [3.8, 4) is 0 Å². The molecule has 1 nitrogen and oxygen atoms in total. The second kappa shape index (κ2) is 5.82. The van der Waals surface area contributed by atoms with Gasteiger partial charge in [-0.15, -0.1) is 0 Å². The highest BCUT2D eigenvalue weighted by molar-refractivity contribution is 9.10. The minimum absolute atomic E-state index is 0.00896.